The average Bonchev–Trinajstić information content (AvgIpc) is 3.46. The van der Waals surface area contributed by atoms with Gasteiger partial charge in [0, 0.05) is 11.1 Å². The Bertz CT molecular complexity index is 975. The van der Waals surface area contributed by atoms with Crippen LogP contribution in [0.1, 0.15) is 0 Å². The molecule has 4 atom stereocenters. The second kappa shape index (κ2) is 8.72. The van der Waals surface area contributed by atoms with Crippen LogP contribution in [-0.4, -0.2) is 105 Å². The predicted octanol–water partition coefficient (Wildman–Crippen LogP) is -2.74. The number of aliphatic hydroxyl groups is 5. The summed E-state index contributed by atoms with van der Waals surface area (Å²) in [6.45, 7) is -0.533. The lowest BCUT2D eigenvalue weighted by Gasteiger charge is -2.44. The molecule has 4 rings (SSSR count). The van der Waals surface area contributed by atoms with Gasteiger partial charge < -0.3 is 35.0 Å². The predicted molar refractivity (Wildman–Crippen MR) is 99.5 cm³/mol. The number of hydrogen-bond donors (Lipinski definition) is 6. The first kappa shape index (κ1) is 21.4. The van der Waals surface area contributed by atoms with E-state index in [0.29, 0.717) is 11.5 Å². The zero-order valence-corrected chi connectivity index (χ0v) is 16.1. The summed E-state index contributed by atoms with van der Waals surface area (Å²) in [5.74, 6) is -2.32. The average molecular weight is 435 g/mol. The molecule has 6 N–H and O–H groups in total. The van der Waals surface area contributed by atoms with Crippen LogP contribution in [0.15, 0.2) is 30.5 Å². The van der Waals surface area contributed by atoms with Crippen LogP contribution < -0.4 is 0 Å². The number of ether oxygens (including phenoxy) is 2. The van der Waals surface area contributed by atoms with E-state index in [1.54, 1.807) is 6.20 Å². The summed E-state index contributed by atoms with van der Waals surface area (Å²) in [5.41, 5.74) is 2.23. The molecule has 1 aliphatic rings. The van der Waals surface area contributed by atoms with Crippen molar-refractivity contribution in [2.24, 2.45) is 0 Å². The Balaban J connectivity index is 1.33. The molecule has 0 saturated carbocycles. The monoisotopic (exact) mass is 435 g/mol. The maximum atomic E-state index is 9.98. The number of tetrazole rings is 1. The fourth-order valence-corrected chi connectivity index (χ4v) is 3.12. The van der Waals surface area contributed by atoms with Crippen molar-refractivity contribution in [1.29, 1.82) is 0 Å². The van der Waals surface area contributed by atoms with Crippen molar-refractivity contribution >= 4 is 0 Å². The molecule has 3 aromatic rings. The van der Waals surface area contributed by atoms with Crippen molar-refractivity contribution in [2.45, 2.75) is 36.9 Å². The Morgan fingerprint density at radius 3 is 2.55 bits per heavy atom. The minimum Gasteiger partial charge on any atom is -0.393 e. The molecule has 166 valence electrons. The molecule has 0 spiro atoms. The van der Waals surface area contributed by atoms with Gasteiger partial charge >= 0.3 is 0 Å². The molecular formula is C17H21N7O7. The first-order chi connectivity index (χ1) is 14.9. The number of H-pyrrole nitrogens is 1. The summed E-state index contributed by atoms with van der Waals surface area (Å²) < 4.78 is 12.0. The molecule has 1 aromatic carbocycles. The van der Waals surface area contributed by atoms with E-state index in [0.717, 1.165) is 11.1 Å². The van der Waals surface area contributed by atoms with Crippen molar-refractivity contribution in [2.75, 3.05) is 13.2 Å². The molecule has 3 heterocycles. The van der Waals surface area contributed by atoms with E-state index in [-0.39, 0.29) is 13.2 Å². The van der Waals surface area contributed by atoms with Crippen molar-refractivity contribution < 1.29 is 35.0 Å². The fraction of sp³-hybridized carbons (Fsp3) is 0.471. The van der Waals surface area contributed by atoms with Gasteiger partial charge in [0.25, 0.3) is 0 Å². The van der Waals surface area contributed by atoms with E-state index in [1.807, 2.05) is 24.3 Å². The zero-order valence-electron chi connectivity index (χ0n) is 16.1. The van der Waals surface area contributed by atoms with E-state index < -0.39 is 37.0 Å². The molecule has 0 aliphatic carbocycles. The molecular weight excluding hydrogens is 414 g/mol. The summed E-state index contributed by atoms with van der Waals surface area (Å²) in [4.78, 5) is 0. The number of aromatic nitrogens is 7. The largest absolute Gasteiger partial charge is 0.393 e. The molecule has 1 saturated heterocycles. The maximum absolute atomic E-state index is 9.98. The molecule has 14 heteroatoms. The highest BCUT2D eigenvalue weighted by Crippen LogP contribution is 2.28. The van der Waals surface area contributed by atoms with Gasteiger partial charge in [-0.15, -0.1) is 15.3 Å². The van der Waals surface area contributed by atoms with Gasteiger partial charge in [0.2, 0.25) is 11.6 Å². The number of nitrogens with zero attached hydrogens (tertiary/aromatic N) is 6. The molecule has 31 heavy (non-hydrogen) atoms. The van der Waals surface area contributed by atoms with Crippen LogP contribution >= 0.6 is 0 Å². The number of benzene rings is 1. The topological polar surface area (TPSA) is 205 Å². The van der Waals surface area contributed by atoms with E-state index in [4.69, 9.17) is 9.47 Å². The van der Waals surface area contributed by atoms with E-state index in [2.05, 4.69) is 30.9 Å². The van der Waals surface area contributed by atoms with Gasteiger partial charge in [-0.05, 0) is 5.21 Å². The smallest absolute Gasteiger partial charge is 0.221 e. The van der Waals surface area contributed by atoms with E-state index in [9.17, 15) is 25.5 Å². The molecule has 1 fully saturated rings. The number of aliphatic hydroxyl groups excluding tert-OH is 3. The van der Waals surface area contributed by atoms with Gasteiger partial charge in [0.05, 0.1) is 26.0 Å². The minimum absolute atomic E-state index is 0.00994. The normalized spacial score (nSPS) is 25.6. The highest BCUT2D eigenvalue weighted by Gasteiger charge is 2.54. The number of hydrogen-bond acceptors (Lipinski definition) is 12. The van der Waals surface area contributed by atoms with Crippen molar-refractivity contribution in [3.63, 3.8) is 0 Å². The molecule has 1 aliphatic heterocycles. The number of rotatable bonds is 7. The van der Waals surface area contributed by atoms with Crippen LogP contribution in [0.5, 0.6) is 0 Å². The van der Waals surface area contributed by atoms with Gasteiger partial charge in [-0.25, -0.2) is 4.68 Å². The standard InChI is InChI=1S/C17H21N7O7/c25-8-12-17(28,29)14(27)13(26)16(31-12)30-6-5-24-7-11(18-23-24)9-1-3-10(4-2-9)15-19-21-22-20-15/h1-4,7,12-14,16,25-29H,5-6,8H2,(H,19,20,21,22)/t12?,13?,14-,16-/m1/s1. The Labute approximate surface area is 174 Å². The Morgan fingerprint density at radius 2 is 1.87 bits per heavy atom. The van der Waals surface area contributed by atoms with Gasteiger partial charge in [-0.3, -0.25) is 0 Å². The van der Waals surface area contributed by atoms with Crippen LogP contribution in [-0.2, 0) is 16.0 Å². The fourth-order valence-electron chi connectivity index (χ4n) is 3.12. The first-order valence-electron chi connectivity index (χ1n) is 9.33. The molecule has 2 aromatic heterocycles. The summed E-state index contributed by atoms with van der Waals surface area (Å²) in [5, 5.41) is 70.4. The molecule has 0 bridgehead atoms. The Morgan fingerprint density at radius 1 is 1.13 bits per heavy atom. The Hall–Kier alpha value is -2.85. The summed E-state index contributed by atoms with van der Waals surface area (Å²) in [7, 11) is 0. The highest BCUT2D eigenvalue weighted by atomic mass is 16.7. The van der Waals surface area contributed by atoms with Crippen molar-refractivity contribution in [1.82, 2.24) is 35.6 Å². The number of nitrogens with one attached hydrogen (secondary N) is 1. The lowest BCUT2D eigenvalue weighted by Crippen LogP contribution is -2.67. The second-order valence-corrected chi connectivity index (χ2v) is 6.94. The third-order valence-corrected chi connectivity index (χ3v) is 4.90. The van der Waals surface area contributed by atoms with Crippen LogP contribution in [0, 0.1) is 0 Å². The lowest BCUT2D eigenvalue weighted by atomic mass is 9.95. The van der Waals surface area contributed by atoms with Gasteiger partial charge in [0.15, 0.2) is 6.29 Å². The van der Waals surface area contributed by atoms with Gasteiger partial charge in [-0.1, -0.05) is 29.5 Å². The molecule has 2 unspecified atom stereocenters. The molecule has 0 amide bonds. The van der Waals surface area contributed by atoms with Gasteiger partial charge in [0.1, 0.15) is 24.0 Å². The molecule has 0 radical (unpaired) electrons. The first-order valence-corrected chi connectivity index (χ1v) is 9.33. The third kappa shape index (κ3) is 4.31. The summed E-state index contributed by atoms with van der Waals surface area (Å²) >= 11 is 0. The third-order valence-electron chi connectivity index (χ3n) is 4.90. The van der Waals surface area contributed by atoms with Crippen LogP contribution in [0.4, 0.5) is 0 Å². The van der Waals surface area contributed by atoms with Crippen molar-refractivity contribution in [3.05, 3.63) is 30.5 Å². The minimum atomic E-state index is -2.80. The van der Waals surface area contributed by atoms with Crippen LogP contribution in [0.3, 0.4) is 0 Å². The maximum Gasteiger partial charge on any atom is 0.221 e. The SMILES string of the molecule is OCC1O[C@@H](OCCn2cc(-c3ccc(-c4nn[nH]n4)cc3)nn2)C(O)[C@@H](O)C1(O)O. The van der Waals surface area contributed by atoms with Gasteiger partial charge in [-0.2, -0.15) is 5.21 Å². The van der Waals surface area contributed by atoms with Crippen LogP contribution in [0.2, 0.25) is 0 Å². The van der Waals surface area contributed by atoms with E-state index >= 15 is 0 Å². The molecule has 14 nitrogen and oxygen atoms in total. The lowest BCUT2D eigenvalue weighted by molar-refractivity contribution is -0.386. The summed E-state index contributed by atoms with van der Waals surface area (Å²) in [6, 6.07) is 7.34. The number of aromatic amines is 1. The Kier molecular flexibility index (Phi) is 6.01. The highest BCUT2D eigenvalue weighted by molar-refractivity contribution is 5.64. The zero-order chi connectivity index (χ0) is 22.0. The second-order valence-electron chi connectivity index (χ2n) is 6.94. The van der Waals surface area contributed by atoms with E-state index in [1.165, 1.54) is 4.68 Å². The quantitative estimate of drug-likeness (QED) is 0.209. The summed E-state index contributed by atoms with van der Waals surface area (Å²) in [6.07, 6.45) is -4.90. The van der Waals surface area contributed by atoms with Crippen molar-refractivity contribution in [3.8, 4) is 22.6 Å². The van der Waals surface area contributed by atoms with Crippen LogP contribution in [0.25, 0.3) is 22.6 Å².